The maximum Gasteiger partial charge on any atom is 0.349 e. The molecule has 0 radical (unpaired) electrons. The highest BCUT2D eigenvalue weighted by molar-refractivity contribution is 6.34. The van der Waals surface area contributed by atoms with E-state index in [-0.39, 0.29) is 32.4 Å². The normalized spacial score (nSPS) is 11.9. The number of hydrogen-bond acceptors (Lipinski definition) is 7. The molecule has 0 aromatic heterocycles. The summed E-state index contributed by atoms with van der Waals surface area (Å²) in [4.78, 5) is 50.7. The number of halogens is 2. The van der Waals surface area contributed by atoms with E-state index in [2.05, 4.69) is 5.32 Å². The largest absolute Gasteiger partial charge is 0.478 e. The first-order valence-corrected chi connectivity index (χ1v) is 10.9. The SMILES string of the molecule is N#Cc1ccccc1NC(=O)[C@@H](OC(=O)c1ccccc1Cl)[C@@H](OC(=O)c1ccccc1Cl)C(=O)O. The Kier molecular flexibility index (Phi) is 8.62. The predicted octanol–water partition coefficient (Wildman–Crippen LogP) is 4.34. The molecule has 182 valence electrons. The molecule has 9 nitrogen and oxygen atoms in total. The van der Waals surface area contributed by atoms with Crippen LogP contribution in [0.4, 0.5) is 5.69 Å². The van der Waals surface area contributed by atoms with Crippen LogP contribution in [0.5, 0.6) is 0 Å². The molecule has 0 saturated heterocycles. The third kappa shape index (κ3) is 6.18. The van der Waals surface area contributed by atoms with Gasteiger partial charge in [0.15, 0.2) is 0 Å². The molecule has 11 heteroatoms. The molecule has 0 aliphatic carbocycles. The van der Waals surface area contributed by atoms with Gasteiger partial charge in [-0.05, 0) is 36.4 Å². The van der Waals surface area contributed by atoms with Gasteiger partial charge in [-0.1, -0.05) is 59.6 Å². The molecule has 0 fully saturated rings. The minimum Gasteiger partial charge on any atom is -0.478 e. The summed E-state index contributed by atoms with van der Waals surface area (Å²) in [5.41, 5.74) is -0.250. The summed E-state index contributed by atoms with van der Waals surface area (Å²) < 4.78 is 10.3. The van der Waals surface area contributed by atoms with Crippen molar-refractivity contribution in [1.82, 2.24) is 0 Å². The lowest BCUT2D eigenvalue weighted by Gasteiger charge is -2.24. The van der Waals surface area contributed by atoms with Crippen LogP contribution in [-0.4, -0.2) is 41.1 Å². The van der Waals surface area contributed by atoms with Crippen LogP contribution < -0.4 is 5.32 Å². The molecular formula is C25H16Cl2N2O7. The van der Waals surface area contributed by atoms with Crippen molar-refractivity contribution in [3.63, 3.8) is 0 Å². The number of benzene rings is 3. The Morgan fingerprint density at radius 3 is 1.75 bits per heavy atom. The van der Waals surface area contributed by atoms with Crippen LogP contribution in [-0.2, 0) is 19.1 Å². The van der Waals surface area contributed by atoms with Gasteiger partial charge in [0.25, 0.3) is 5.91 Å². The smallest absolute Gasteiger partial charge is 0.349 e. The third-order valence-corrected chi connectivity index (χ3v) is 5.40. The van der Waals surface area contributed by atoms with Crippen LogP contribution in [0.25, 0.3) is 0 Å². The second kappa shape index (κ2) is 11.8. The maximum atomic E-state index is 13.2. The second-order valence-corrected chi connectivity index (χ2v) is 7.91. The van der Waals surface area contributed by atoms with Crippen LogP contribution in [0.15, 0.2) is 72.8 Å². The zero-order valence-electron chi connectivity index (χ0n) is 18.2. The van der Waals surface area contributed by atoms with E-state index in [4.69, 9.17) is 32.7 Å². The Bertz CT molecular complexity index is 1370. The Morgan fingerprint density at radius 1 is 0.778 bits per heavy atom. The van der Waals surface area contributed by atoms with E-state index in [0.717, 1.165) is 0 Å². The molecule has 0 aliphatic heterocycles. The van der Waals surface area contributed by atoms with Crippen molar-refractivity contribution in [2.24, 2.45) is 0 Å². The number of carboxylic acid groups (broad SMARTS) is 1. The number of ether oxygens (including phenoxy) is 2. The van der Waals surface area contributed by atoms with Crippen LogP contribution in [0.3, 0.4) is 0 Å². The van der Waals surface area contributed by atoms with Crippen molar-refractivity contribution in [1.29, 1.82) is 5.26 Å². The molecule has 0 bridgehead atoms. The van der Waals surface area contributed by atoms with Gasteiger partial charge in [0.1, 0.15) is 6.07 Å². The Morgan fingerprint density at radius 2 is 1.25 bits per heavy atom. The van der Waals surface area contributed by atoms with Crippen LogP contribution >= 0.6 is 23.2 Å². The number of nitrogens with one attached hydrogen (secondary N) is 1. The van der Waals surface area contributed by atoms with E-state index in [1.165, 1.54) is 54.6 Å². The molecule has 3 rings (SSSR count). The highest BCUT2D eigenvalue weighted by Crippen LogP contribution is 2.22. The monoisotopic (exact) mass is 526 g/mol. The fraction of sp³-hybridized carbons (Fsp3) is 0.0800. The molecule has 36 heavy (non-hydrogen) atoms. The zero-order chi connectivity index (χ0) is 26.2. The van der Waals surface area contributed by atoms with E-state index in [1.54, 1.807) is 18.2 Å². The number of carbonyl (C=O) groups excluding carboxylic acids is 3. The number of carboxylic acids is 1. The van der Waals surface area contributed by atoms with Gasteiger partial charge in [0.05, 0.1) is 32.4 Å². The minimum atomic E-state index is -2.28. The number of hydrogen-bond donors (Lipinski definition) is 2. The summed E-state index contributed by atoms with van der Waals surface area (Å²) in [7, 11) is 0. The van der Waals surface area contributed by atoms with E-state index >= 15 is 0 Å². The summed E-state index contributed by atoms with van der Waals surface area (Å²) >= 11 is 12.0. The third-order valence-electron chi connectivity index (χ3n) is 4.74. The summed E-state index contributed by atoms with van der Waals surface area (Å²) in [6.07, 6.45) is -4.46. The van der Waals surface area contributed by atoms with Crippen molar-refractivity contribution < 1.29 is 33.8 Å². The van der Waals surface area contributed by atoms with Crippen LogP contribution in [0, 0.1) is 11.3 Å². The van der Waals surface area contributed by atoms with Crippen molar-refractivity contribution in [3.05, 3.63) is 99.5 Å². The summed E-state index contributed by atoms with van der Waals surface area (Å²) in [5.74, 6) is -5.26. The first kappa shape index (κ1) is 26.2. The van der Waals surface area contributed by atoms with Gasteiger partial charge in [-0.3, -0.25) is 4.79 Å². The molecule has 0 heterocycles. The summed E-state index contributed by atoms with van der Waals surface area (Å²) in [6.45, 7) is 0. The van der Waals surface area contributed by atoms with Crippen molar-refractivity contribution in [3.8, 4) is 6.07 Å². The average molecular weight is 527 g/mol. The number of amides is 1. The number of nitriles is 1. The lowest BCUT2D eigenvalue weighted by Crippen LogP contribution is -2.48. The quantitative estimate of drug-likeness (QED) is 0.412. The van der Waals surface area contributed by atoms with Gasteiger partial charge in [0.2, 0.25) is 12.2 Å². The molecular weight excluding hydrogens is 511 g/mol. The molecule has 2 N–H and O–H groups in total. The number of anilines is 1. The van der Waals surface area contributed by atoms with E-state index in [0.29, 0.717) is 0 Å². The predicted molar refractivity (Wildman–Crippen MR) is 129 cm³/mol. The van der Waals surface area contributed by atoms with Gasteiger partial charge in [-0.25, -0.2) is 14.4 Å². The van der Waals surface area contributed by atoms with Gasteiger partial charge in [-0.15, -0.1) is 0 Å². The number of esters is 2. The Balaban J connectivity index is 1.98. The van der Waals surface area contributed by atoms with Crippen LogP contribution in [0.2, 0.25) is 10.0 Å². The van der Waals surface area contributed by atoms with Gasteiger partial charge in [-0.2, -0.15) is 5.26 Å². The lowest BCUT2D eigenvalue weighted by atomic mass is 10.1. The topological polar surface area (TPSA) is 143 Å². The van der Waals surface area contributed by atoms with Crippen molar-refractivity contribution >= 4 is 52.7 Å². The van der Waals surface area contributed by atoms with Gasteiger partial charge >= 0.3 is 17.9 Å². The molecule has 1 amide bonds. The standard InChI is InChI=1S/C25H16Cl2N2O7/c26-17-10-4-2-8-15(17)24(33)35-20(22(30)29-19-12-6-1-7-14(19)13-28)21(23(31)32)36-25(34)16-9-3-5-11-18(16)27/h1-12,20-21H,(H,29,30)(H,31,32)/t20-,21+/m0/s1. The maximum absolute atomic E-state index is 13.2. The first-order valence-electron chi connectivity index (χ1n) is 10.2. The van der Waals surface area contributed by atoms with Gasteiger partial charge in [0, 0.05) is 0 Å². The first-order chi connectivity index (χ1) is 17.2. The number of rotatable bonds is 8. The van der Waals surface area contributed by atoms with E-state index in [1.807, 2.05) is 6.07 Å². The highest BCUT2D eigenvalue weighted by atomic mass is 35.5. The number of nitrogens with zero attached hydrogens (tertiary/aromatic N) is 1. The molecule has 0 saturated carbocycles. The van der Waals surface area contributed by atoms with E-state index < -0.39 is 36.0 Å². The van der Waals surface area contributed by atoms with Crippen LogP contribution in [0.1, 0.15) is 26.3 Å². The van der Waals surface area contributed by atoms with Gasteiger partial charge < -0.3 is 19.9 Å². The second-order valence-electron chi connectivity index (χ2n) is 7.10. The molecule has 3 aromatic rings. The molecule has 0 unspecified atom stereocenters. The fourth-order valence-electron chi connectivity index (χ4n) is 3.00. The zero-order valence-corrected chi connectivity index (χ0v) is 19.7. The fourth-order valence-corrected chi connectivity index (χ4v) is 3.42. The van der Waals surface area contributed by atoms with Crippen molar-refractivity contribution in [2.75, 3.05) is 5.32 Å². The molecule has 0 aliphatic rings. The minimum absolute atomic E-state index is 0.0172. The number of aliphatic carboxylic acids is 1. The highest BCUT2D eigenvalue weighted by Gasteiger charge is 2.41. The lowest BCUT2D eigenvalue weighted by molar-refractivity contribution is -0.157. The van der Waals surface area contributed by atoms with Crippen molar-refractivity contribution in [2.45, 2.75) is 12.2 Å². The van der Waals surface area contributed by atoms with E-state index in [9.17, 15) is 29.5 Å². The summed E-state index contributed by atoms with van der Waals surface area (Å²) in [5, 5.41) is 21.4. The average Bonchev–Trinajstić information content (AvgIpc) is 2.86. The molecule has 2 atom stereocenters. The Hall–Kier alpha value is -4.39. The number of carbonyl (C=O) groups is 4. The summed E-state index contributed by atoms with van der Waals surface area (Å²) in [6, 6.07) is 19.1. The Labute approximate surface area is 214 Å². The number of para-hydroxylation sites is 1. The molecule has 3 aromatic carbocycles. The molecule has 0 spiro atoms.